The molecule has 19 heavy (non-hydrogen) atoms. The van der Waals surface area contributed by atoms with Gasteiger partial charge in [-0.05, 0) is 24.1 Å². The van der Waals surface area contributed by atoms with Crippen LogP contribution in [0.15, 0.2) is 41.4 Å². The Balaban J connectivity index is 1.79. The molecule has 3 nitrogen and oxygen atoms in total. The Bertz CT molecular complexity index is 611. The summed E-state index contributed by atoms with van der Waals surface area (Å²) in [5, 5.41) is 3.61. The molecule has 0 aliphatic carbocycles. The Morgan fingerprint density at radius 2 is 2.26 bits per heavy atom. The van der Waals surface area contributed by atoms with Crippen LogP contribution >= 0.6 is 23.4 Å². The number of fused-ring (bicyclic) bond motifs is 1. The van der Waals surface area contributed by atoms with Crippen molar-refractivity contribution in [2.45, 2.75) is 17.4 Å². The number of H-pyrrole nitrogens is 1. The second-order valence-corrected chi connectivity index (χ2v) is 6.01. The van der Waals surface area contributed by atoms with E-state index >= 15 is 0 Å². The van der Waals surface area contributed by atoms with Gasteiger partial charge in [0.25, 0.3) is 5.91 Å². The zero-order valence-corrected chi connectivity index (χ0v) is 11.7. The van der Waals surface area contributed by atoms with Gasteiger partial charge in [-0.25, -0.2) is 0 Å². The lowest BCUT2D eigenvalue weighted by molar-refractivity contribution is 0.0930. The third kappa shape index (κ3) is 2.65. The third-order valence-electron chi connectivity index (χ3n) is 3.16. The average molecular weight is 293 g/mol. The van der Waals surface area contributed by atoms with Gasteiger partial charge in [0, 0.05) is 16.8 Å². The van der Waals surface area contributed by atoms with Crippen molar-refractivity contribution < 1.29 is 4.79 Å². The zero-order chi connectivity index (χ0) is 13.2. The first-order chi connectivity index (χ1) is 9.24. The molecule has 1 aliphatic rings. The number of amides is 1. The van der Waals surface area contributed by atoms with Gasteiger partial charge in [-0.1, -0.05) is 29.8 Å². The maximum absolute atomic E-state index is 12.1. The van der Waals surface area contributed by atoms with Gasteiger partial charge in [0.15, 0.2) is 0 Å². The molecule has 2 N–H and O–H groups in total. The largest absolute Gasteiger partial charge is 0.356 e. The summed E-state index contributed by atoms with van der Waals surface area (Å²) in [6.45, 7) is 0. The van der Waals surface area contributed by atoms with E-state index in [1.165, 1.54) is 10.5 Å². The molecule has 2 heterocycles. The smallest absolute Gasteiger partial charge is 0.268 e. The number of nitrogens with one attached hydrogen (secondary N) is 2. The summed E-state index contributed by atoms with van der Waals surface area (Å²) >= 11 is 7.65. The van der Waals surface area contributed by atoms with Crippen LogP contribution in [-0.2, 0) is 0 Å². The predicted octanol–water partition coefficient (Wildman–Crippen LogP) is 3.64. The summed E-state index contributed by atoms with van der Waals surface area (Å²) < 4.78 is 0. The lowest BCUT2D eigenvalue weighted by Gasteiger charge is -2.25. The second-order valence-electron chi connectivity index (χ2n) is 4.43. The number of halogens is 1. The number of benzene rings is 1. The summed E-state index contributed by atoms with van der Waals surface area (Å²) in [6.07, 6.45) is 2.56. The Kier molecular flexibility index (Phi) is 3.53. The topological polar surface area (TPSA) is 44.9 Å². The van der Waals surface area contributed by atoms with Gasteiger partial charge in [0.05, 0.1) is 11.1 Å². The standard InChI is InChI=1S/C14H13ClN2OS/c15-9-7-12(16-8-9)14(18)17-11-5-6-19-13-4-2-1-3-10(11)13/h1-4,7-8,11,16H,5-6H2,(H,17,18). The first-order valence-electron chi connectivity index (χ1n) is 6.10. The summed E-state index contributed by atoms with van der Waals surface area (Å²) in [6, 6.07) is 9.93. The van der Waals surface area contributed by atoms with Crippen molar-refractivity contribution in [3.8, 4) is 0 Å². The summed E-state index contributed by atoms with van der Waals surface area (Å²) in [5.74, 6) is 0.909. The molecule has 0 bridgehead atoms. The molecule has 1 aliphatic heterocycles. The molecule has 2 aromatic rings. The Morgan fingerprint density at radius 3 is 3.05 bits per heavy atom. The normalized spacial score (nSPS) is 17.8. The predicted molar refractivity (Wildman–Crippen MR) is 77.8 cm³/mol. The number of hydrogen-bond acceptors (Lipinski definition) is 2. The van der Waals surface area contributed by atoms with E-state index in [9.17, 15) is 4.79 Å². The van der Waals surface area contributed by atoms with Crippen molar-refractivity contribution in [2.75, 3.05) is 5.75 Å². The highest BCUT2D eigenvalue weighted by atomic mass is 35.5. The van der Waals surface area contributed by atoms with Gasteiger partial charge in [-0.3, -0.25) is 4.79 Å². The minimum Gasteiger partial charge on any atom is -0.356 e. The van der Waals surface area contributed by atoms with Crippen LogP contribution in [0.25, 0.3) is 0 Å². The molecule has 1 aromatic heterocycles. The summed E-state index contributed by atoms with van der Waals surface area (Å²) in [7, 11) is 0. The van der Waals surface area contributed by atoms with Gasteiger partial charge < -0.3 is 10.3 Å². The number of carbonyl (C=O) groups is 1. The van der Waals surface area contributed by atoms with E-state index in [4.69, 9.17) is 11.6 Å². The van der Waals surface area contributed by atoms with Crippen LogP contribution in [-0.4, -0.2) is 16.6 Å². The Labute approximate surface area is 120 Å². The molecule has 1 amide bonds. The quantitative estimate of drug-likeness (QED) is 0.888. The van der Waals surface area contributed by atoms with Crippen LogP contribution in [0.1, 0.15) is 28.5 Å². The molecular weight excluding hydrogens is 280 g/mol. The lowest BCUT2D eigenvalue weighted by atomic mass is 10.0. The van der Waals surface area contributed by atoms with Gasteiger partial charge in [0.2, 0.25) is 0 Å². The zero-order valence-electron chi connectivity index (χ0n) is 10.2. The highest BCUT2D eigenvalue weighted by Gasteiger charge is 2.22. The van der Waals surface area contributed by atoms with Crippen molar-refractivity contribution in [3.05, 3.63) is 52.8 Å². The fourth-order valence-corrected chi connectivity index (χ4v) is 3.52. The molecule has 0 spiro atoms. The van der Waals surface area contributed by atoms with Gasteiger partial charge >= 0.3 is 0 Å². The van der Waals surface area contributed by atoms with Crippen LogP contribution < -0.4 is 5.32 Å². The number of hydrogen-bond donors (Lipinski definition) is 2. The number of carbonyl (C=O) groups excluding carboxylic acids is 1. The van der Waals surface area contributed by atoms with Crippen molar-refractivity contribution in [1.29, 1.82) is 0 Å². The van der Waals surface area contributed by atoms with Crippen LogP contribution in [0, 0.1) is 0 Å². The van der Waals surface area contributed by atoms with Crippen LogP contribution in [0.4, 0.5) is 0 Å². The lowest BCUT2D eigenvalue weighted by Crippen LogP contribution is -2.30. The van der Waals surface area contributed by atoms with Crippen LogP contribution in [0.5, 0.6) is 0 Å². The number of aromatic amines is 1. The van der Waals surface area contributed by atoms with Crippen molar-refractivity contribution >= 4 is 29.3 Å². The minimum atomic E-state index is -0.112. The number of aromatic nitrogens is 1. The molecule has 5 heteroatoms. The van der Waals surface area contributed by atoms with E-state index in [0.717, 1.165) is 12.2 Å². The summed E-state index contributed by atoms with van der Waals surface area (Å²) in [4.78, 5) is 16.3. The maximum atomic E-state index is 12.1. The fourth-order valence-electron chi connectivity index (χ4n) is 2.23. The van der Waals surface area contributed by atoms with E-state index in [1.807, 2.05) is 23.9 Å². The molecule has 0 fully saturated rings. The van der Waals surface area contributed by atoms with Crippen LogP contribution in [0.3, 0.4) is 0 Å². The average Bonchev–Trinajstić information content (AvgIpc) is 2.86. The molecular formula is C14H13ClN2OS. The fraction of sp³-hybridized carbons (Fsp3) is 0.214. The van der Waals surface area contributed by atoms with E-state index in [0.29, 0.717) is 10.7 Å². The van der Waals surface area contributed by atoms with E-state index in [1.54, 1.807) is 12.3 Å². The van der Waals surface area contributed by atoms with Crippen molar-refractivity contribution in [3.63, 3.8) is 0 Å². The molecule has 1 unspecified atom stereocenters. The number of thioether (sulfide) groups is 1. The highest BCUT2D eigenvalue weighted by Crippen LogP contribution is 2.35. The minimum absolute atomic E-state index is 0.0759. The van der Waals surface area contributed by atoms with Gasteiger partial charge in [0.1, 0.15) is 5.69 Å². The van der Waals surface area contributed by atoms with Gasteiger partial charge in [-0.2, -0.15) is 0 Å². The monoisotopic (exact) mass is 292 g/mol. The Hall–Kier alpha value is -1.39. The van der Waals surface area contributed by atoms with Gasteiger partial charge in [-0.15, -0.1) is 11.8 Å². The molecule has 3 rings (SSSR count). The number of rotatable bonds is 2. The molecule has 0 saturated carbocycles. The first-order valence-corrected chi connectivity index (χ1v) is 7.47. The third-order valence-corrected chi connectivity index (χ3v) is 4.50. The van der Waals surface area contributed by atoms with Crippen LogP contribution in [0.2, 0.25) is 5.02 Å². The SMILES string of the molecule is O=C(NC1CCSc2ccccc21)c1cc(Cl)c[nH]1. The maximum Gasteiger partial charge on any atom is 0.268 e. The molecule has 0 saturated heterocycles. The Morgan fingerprint density at radius 1 is 1.42 bits per heavy atom. The van der Waals surface area contributed by atoms with Crippen molar-refractivity contribution in [2.24, 2.45) is 0 Å². The highest BCUT2D eigenvalue weighted by molar-refractivity contribution is 7.99. The molecule has 0 radical (unpaired) electrons. The molecule has 98 valence electrons. The molecule has 1 aromatic carbocycles. The van der Waals surface area contributed by atoms with E-state index in [-0.39, 0.29) is 11.9 Å². The second kappa shape index (κ2) is 5.31. The summed E-state index contributed by atoms with van der Waals surface area (Å²) in [5.41, 5.74) is 1.70. The molecule has 1 atom stereocenters. The van der Waals surface area contributed by atoms with E-state index in [2.05, 4.69) is 22.4 Å². The van der Waals surface area contributed by atoms with Crippen molar-refractivity contribution in [1.82, 2.24) is 10.3 Å². The van der Waals surface area contributed by atoms with E-state index < -0.39 is 0 Å². The first kappa shape index (κ1) is 12.6.